The first-order chi connectivity index (χ1) is 5.50. The van der Waals surface area contributed by atoms with Gasteiger partial charge in [-0.25, -0.2) is 8.78 Å². The summed E-state index contributed by atoms with van der Waals surface area (Å²) in [5.74, 6) is -4.01. The lowest BCUT2D eigenvalue weighted by Gasteiger charge is -2.14. The summed E-state index contributed by atoms with van der Waals surface area (Å²) >= 11 is 0. The van der Waals surface area contributed by atoms with Crippen LogP contribution in [0.25, 0.3) is 0 Å². The van der Waals surface area contributed by atoms with Gasteiger partial charge in [0.25, 0.3) is 0 Å². The lowest BCUT2D eigenvalue weighted by Crippen LogP contribution is -2.32. The van der Waals surface area contributed by atoms with E-state index in [2.05, 4.69) is 4.74 Å². The summed E-state index contributed by atoms with van der Waals surface area (Å²) in [5.41, 5.74) is 0. The van der Waals surface area contributed by atoms with Crippen molar-refractivity contribution in [3.05, 3.63) is 0 Å². The summed E-state index contributed by atoms with van der Waals surface area (Å²) in [4.78, 5) is 0. The molecule has 0 aromatic carbocycles. The van der Waals surface area contributed by atoms with Crippen molar-refractivity contribution in [1.82, 2.24) is 0 Å². The van der Waals surface area contributed by atoms with Gasteiger partial charge < -0.3 is 4.74 Å². The fourth-order valence-electron chi connectivity index (χ4n) is 0.518. The SMILES string of the molecule is CCCCOCC(F)(F)C(F)F. The van der Waals surface area contributed by atoms with E-state index >= 15 is 0 Å². The molecular weight excluding hydrogens is 176 g/mol. The van der Waals surface area contributed by atoms with E-state index in [1.165, 1.54) is 0 Å². The molecule has 0 aromatic heterocycles. The summed E-state index contributed by atoms with van der Waals surface area (Å²) in [7, 11) is 0. The zero-order valence-electron chi connectivity index (χ0n) is 6.83. The molecule has 0 radical (unpaired) electrons. The lowest BCUT2D eigenvalue weighted by atomic mass is 10.3. The third kappa shape index (κ3) is 4.54. The number of ether oxygens (including phenoxy) is 1. The number of alkyl halides is 4. The highest BCUT2D eigenvalue weighted by atomic mass is 19.3. The van der Waals surface area contributed by atoms with E-state index in [1.54, 1.807) is 0 Å². The highest BCUT2D eigenvalue weighted by molar-refractivity contribution is 4.67. The minimum Gasteiger partial charge on any atom is -0.375 e. The Hall–Kier alpha value is -0.320. The number of rotatable bonds is 6. The molecule has 0 unspecified atom stereocenters. The molecule has 5 heteroatoms. The summed E-state index contributed by atoms with van der Waals surface area (Å²) < 4.78 is 51.6. The fourth-order valence-corrected chi connectivity index (χ4v) is 0.518. The average molecular weight is 188 g/mol. The number of halogens is 4. The smallest absolute Gasteiger partial charge is 0.330 e. The van der Waals surface area contributed by atoms with Gasteiger partial charge in [0.2, 0.25) is 0 Å². The van der Waals surface area contributed by atoms with E-state index in [9.17, 15) is 17.6 Å². The van der Waals surface area contributed by atoms with Gasteiger partial charge in [-0.15, -0.1) is 0 Å². The van der Waals surface area contributed by atoms with Crippen LogP contribution in [0.3, 0.4) is 0 Å². The van der Waals surface area contributed by atoms with Crippen LogP contribution in [-0.2, 0) is 4.74 Å². The predicted octanol–water partition coefficient (Wildman–Crippen LogP) is 2.70. The van der Waals surface area contributed by atoms with Gasteiger partial charge in [-0.3, -0.25) is 0 Å². The van der Waals surface area contributed by atoms with Gasteiger partial charge >= 0.3 is 12.3 Å². The van der Waals surface area contributed by atoms with Crippen LogP contribution in [0.5, 0.6) is 0 Å². The standard InChI is InChI=1S/C7H12F4O/c1-2-3-4-12-5-7(10,11)6(8)9/h6H,2-5H2,1H3. The van der Waals surface area contributed by atoms with Crippen LogP contribution in [0, 0.1) is 0 Å². The molecule has 0 rings (SSSR count). The third-order valence-corrected chi connectivity index (χ3v) is 1.26. The molecule has 12 heavy (non-hydrogen) atoms. The number of unbranched alkanes of at least 4 members (excludes halogenated alkanes) is 1. The molecule has 0 saturated heterocycles. The maximum Gasteiger partial charge on any atom is 0.330 e. The molecule has 0 saturated carbocycles. The van der Waals surface area contributed by atoms with Crippen molar-refractivity contribution < 1.29 is 22.3 Å². The molecular formula is C7H12F4O. The second kappa shape index (κ2) is 5.35. The molecule has 0 heterocycles. The monoisotopic (exact) mass is 188 g/mol. The Balaban J connectivity index is 3.47. The maximum absolute atomic E-state index is 12.1. The second-order valence-corrected chi connectivity index (χ2v) is 2.47. The van der Waals surface area contributed by atoms with E-state index in [-0.39, 0.29) is 6.61 Å². The summed E-state index contributed by atoms with van der Waals surface area (Å²) in [6.07, 6.45) is -2.24. The Morgan fingerprint density at radius 3 is 2.33 bits per heavy atom. The quantitative estimate of drug-likeness (QED) is 0.460. The van der Waals surface area contributed by atoms with Gasteiger partial charge in [0, 0.05) is 6.61 Å². The first-order valence-electron chi connectivity index (χ1n) is 3.74. The van der Waals surface area contributed by atoms with Crippen LogP contribution in [-0.4, -0.2) is 25.6 Å². The molecule has 0 aromatic rings. The Morgan fingerprint density at radius 2 is 1.92 bits per heavy atom. The van der Waals surface area contributed by atoms with Crippen molar-refractivity contribution in [3.63, 3.8) is 0 Å². The maximum atomic E-state index is 12.1. The van der Waals surface area contributed by atoms with Gasteiger partial charge in [-0.2, -0.15) is 8.78 Å². The average Bonchev–Trinajstić information content (AvgIpc) is 1.98. The van der Waals surface area contributed by atoms with Gasteiger partial charge in [0.1, 0.15) is 6.61 Å². The van der Waals surface area contributed by atoms with Crippen LogP contribution < -0.4 is 0 Å². The van der Waals surface area contributed by atoms with Crippen LogP contribution in [0.4, 0.5) is 17.6 Å². The zero-order chi connectivity index (χ0) is 9.61. The van der Waals surface area contributed by atoms with Crippen molar-refractivity contribution in [3.8, 4) is 0 Å². The van der Waals surface area contributed by atoms with E-state index in [4.69, 9.17) is 0 Å². The molecule has 0 aliphatic heterocycles. The normalized spacial score (nSPS) is 12.5. The fraction of sp³-hybridized carbons (Fsp3) is 1.00. The van der Waals surface area contributed by atoms with Crippen LogP contribution in [0.2, 0.25) is 0 Å². The van der Waals surface area contributed by atoms with E-state index in [1.807, 2.05) is 6.92 Å². The molecule has 74 valence electrons. The van der Waals surface area contributed by atoms with Crippen molar-refractivity contribution >= 4 is 0 Å². The zero-order valence-corrected chi connectivity index (χ0v) is 6.83. The largest absolute Gasteiger partial charge is 0.375 e. The van der Waals surface area contributed by atoms with Crippen LogP contribution >= 0.6 is 0 Å². The number of hydrogen-bond acceptors (Lipinski definition) is 1. The topological polar surface area (TPSA) is 9.23 Å². The molecule has 0 spiro atoms. The van der Waals surface area contributed by atoms with E-state index < -0.39 is 19.0 Å². The molecule has 0 atom stereocenters. The van der Waals surface area contributed by atoms with Gasteiger partial charge in [-0.1, -0.05) is 13.3 Å². The van der Waals surface area contributed by atoms with Gasteiger partial charge in [0.05, 0.1) is 0 Å². The highest BCUT2D eigenvalue weighted by Crippen LogP contribution is 2.22. The molecule has 1 nitrogen and oxygen atoms in total. The van der Waals surface area contributed by atoms with Gasteiger partial charge in [-0.05, 0) is 6.42 Å². The molecule has 0 bridgehead atoms. The van der Waals surface area contributed by atoms with Crippen LogP contribution in [0.1, 0.15) is 19.8 Å². The Labute approximate surface area is 68.7 Å². The molecule has 0 fully saturated rings. The third-order valence-electron chi connectivity index (χ3n) is 1.26. The second-order valence-electron chi connectivity index (χ2n) is 2.47. The Bertz CT molecular complexity index is 116. The van der Waals surface area contributed by atoms with Gasteiger partial charge in [0.15, 0.2) is 0 Å². The molecule has 0 amide bonds. The molecule has 0 aliphatic rings. The lowest BCUT2D eigenvalue weighted by molar-refractivity contribution is -0.165. The minimum atomic E-state index is -4.01. The Kier molecular flexibility index (Phi) is 5.20. The Morgan fingerprint density at radius 1 is 1.33 bits per heavy atom. The van der Waals surface area contributed by atoms with Crippen molar-refractivity contribution in [1.29, 1.82) is 0 Å². The molecule has 0 aliphatic carbocycles. The first-order valence-corrected chi connectivity index (χ1v) is 3.74. The predicted molar refractivity (Wildman–Crippen MR) is 36.7 cm³/mol. The van der Waals surface area contributed by atoms with Crippen molar-refractivity contribution in [2.45, 2.75) is 32.1 Å². The molecule has 0 N–H and O–H groups in total. The minimum absolute atomic E-state index is 0.110. The number of hydrogen-bond donors (Lipinski definition) is 0. The summed E-state index contributed by atoms with van der Waals surface area (Å²) in [6.45, 7) is 0.776. The van der Waals surface area contributed by atoms with E-state index in [0.717, 1.165) is 6.42 Å². The van der Waals surface area contributed by atoms with Crippen LogP contribution in [0.15, 0.2) is 0 Å². The van der Waals surface area contributed by atoms with Crippen molar-refractivity contribution in [2.75, 3.05) is 13.2 Å². The first kappa shape index (κ1) is 11.7. The highest BCUT2D eigenvalue weighted by Gasteiger charge is 2.40. The summed E-state index contributed by atoms with van der Waals surface area (Å²) in [5, 5.41) is 0. The van der Waals surface area contributed by atoms with E-state index in [0.29, 0.717) is 6.42 Å². The van der Waals surface area contributed by atoms with Crippen molar-refractivity contribution in [2.24, 2.45) is 0 Å². The summed E-state index contributed by atoms with van der Waals surface area (Å²) in [6, 6.07) is 0.